The minimum absolute atomic E-state index is 0.0306. The lowest BCUT2D eigenvalue weighted by atomic mass is 9.86. The van der Waals surface area contributed by atoms with Crippen LogP contribution < -0.4 is 15.6 Å². The second-order valence-corrected chi connectivity index (χ2v) is 8.33. The van der Waals surface area contributed by atoms with Crippen molar-refractivity contribution in [3.05, 3.63) is 94.0 Å². The van der Waals surface area contributed by atoms with Gasteiger partial charge in [-0.05, 0) is 12.1 Å². The quantitative estimate of drug-likeness (QED) is 0.330. The van der Waals surface area contributed by atoms with E-state index in [1.165, 1.54) is 17.8 Å². The van der Waals surface area contributed by atoms with Crippen molar-refractivity contribution in [2.24, 2.45) is 7.05 Å². The van der Waals surface area contributed by atoms with Gasteiger partial charge in [-0.2, -0.15) is 4.98 Å². The Morgan fingerprint density at radius 2 is 2.00 bits per heavy atom. The van der Waals surface area contributed by atoms with E-state index in [1.54, 1.807) is 48.0 Å². The zero-order valence-corrected chi connectivity index (χ0v) is 18.3. The van der Waals surface area contributed by atoms with Gasteiger partial charge in [-0.3, -0.25) is 9.59 Å². The Hall–Kier alpha value is -3.39. The molecule has 0 aliphatic carbocycles. The summed E-state index contributed by atoms with van der Waals surface area (Å²) in [5.74, 6) is 0.432. The Labute approximate surface area is 189 Å². The first kappa shape index (κ1) is 21.8. The van der Waals surface area contributed by atoms with Crippen molar-refractivity contribution < 1.29 is 13.9 Å². The summed E-state index contributed by atoms with van der Waals surface area (Å²) in [6.07, 6.45) is 1.81. The molecule has 6 nitrogen and oxygen atoms in total. The molecule has 8 heteroatoms. The van der Waals surface area contributed by atoms with Gasteiger partial charge >= 0.3 is 0 Å². The number of hydrogen-bond donors (Lipinski definition) is 1. The normalized spacial score (nSPS) is 15.1. The van der Waals surface area contributed by atoms with E-state index in [1.807, 2.05) is 12.1 Å². The van der Waals surface area contributed by atoms with Crippen LogP contribution in [-0.4, -0.2) is 21.2 Å². The monoisotopic (exact) mass is 451 g/mol. The lowest BCUT2D eigenvalue weighted by Crippen LogP contribution is -2.33. The molecule has 3 aromatic rings. The molecule has 1 amide bonds. The molecule has 164 valence electrons. The molecule has 1 aliphatic rings. The molecule has 0 saturated carbocycles. The summed E-state index contributed by atoms with van der Waals surface area (Å²) >= 11 is 1.36. The van der Waals surface area contributed by atoms with E-state index in [4.69, 9.17) is 4.74 Å². The number of aromatic nitrogens is 2. The average molecular weight is 452 g/mol. The van der Waals surface area contributed by atoms with Gasteiger partial charge in [0.15, 0.2) is 5.16 Å². The third kappa shape index (κ3) is 4.31. The molecule has 1 aliphatic heterocycles. The van der Waals surface area contributed by atoms with Crippen LogP contribution in [0.5, 0.6) is 5.75 Å². The molecule has 1 unspecified atom stereocenters. The third-order valence-corrected chi connectivity index (χ3v) is 6.29. The van der Waals surface area contributed by atoms with Crippen molar-refractivity contribution in [3.8, 4) is 5.75 Å². The zero-order valence-electron chi connectivity index (χ0n) is 17.5. The second-order valence-electron chi connectivity index (χ2n) is 7.34. The van der Waals surface area contributed by atoms with E-state index < -0.39 is 11.5 Å². The molecule has 2 heterocycles. The molecule has 0 radical (unpaired) electrons. The smallest absolute Gasteiger partial charge is 0.279 e. The Kier molecular flexibility index (Phi) is 6.41. The number of thioether (sulfide) groups is 1. The van der Waals surface area contributed by atoms with Gasteiger partial charge < -0.3 is 14.6 Å². The summed E-state index contributed by atoms with van der Waals surface area (Å²) in [6, 6.07) is 13.6. The van der Waals surface area contributed by atoms with Gasteiger partial charge in [-0.15, -0.1) is 6.58 Å². The Morgan fingerprint density at radius 3 is 2.78 bits per heavy atom. The highest BCUT2D eigenvalue weighted by Crippen LogP contribution is 2.39. The number of para-hydroxylation sites is 1. The van der Waals surface area contributed by atoms with Crippen LogP contribution in [0.2, 0.25) is 0 Å². The van der Waals surface area contributed by atoms with Crippen molar-refractivity contribution in [2.75, 3.05) is 11.1 Å². The van der Waals surface area contributed by atoms with Crippen molar-refractivity contribution in [1.82, 2.24) is 9.55 Å². The number of anilines is 1. The molecular formula is C24H22FN3O3S. The van der Waals surface area contributed by atoms with E-state index >= 15 is 0 Å². The summed E-state index contributed by atoms with van der Waals surface area (Å²) < 4.78 is 21.7. The predicted octanol–water partition coefficient (Wildman–Crippen LogP) is 4.25. The number of benzene rings is 2. The first-order valence-electron chi connectivity index (χ1n) is 10.1. The molecule has 0 saturated heterocycles. The predicted molar refractivity (Wildman–Crippen MR) is 123 cm³/mol. The van der Waals surface area contributed by atoms with E-state index in [9.17, 15) is 14.0 Å². The van der Waals surface area contributed by atoms with Crippen molar-refractivity contribution in [1.29, 1.82) is 0 Å². The van der Waals surface area contributed by atoms with E-state index in [0.717, 1.165) is 0 Å². The van der Waals surface area contributed by atoms with Gasteiger partial charge in [-0.1, -0.05) is 54.2 Å². The first-order chi connectivity index (χ1) is 15.5. The van der Waals surface area contributed by atoms with E-state index in [-0.39, 0.29) is 24.8 Å². The molecular weight excluding hydrogens is 429 g/mol. The number of ether oxygens (including phenoxy) is 1. The summed E-state index contributed by atoms with van der Waals surface area (Å²) in [4.78, 5) is 29.8. The summed E-state index contributed by atoms with van der Waals surface area (Å²) in [6.45, 7) is 3.72. The summed E-state index contributed by atoms with van der Waals surface area (Å²) in [5, 5.41) is 3.32. The molecule has 0 bridgehead atoms. The third-order valence-electron chi connectivity index (χ3n) is 5.27. The number of carbonyl (C=O) groups is 1. The summed E-state index contributed by atoms with van der Waals surface area (Å²) in [5.41, 5.74) is 1.13. The SMILES string of the molecule is C=CCSc1nc(=O)c2c(n1C)NC(=O)CC2c1ccccc1OCc1ccccc1F. The Bertz CT molecular complexity index is 1240. The lowest BCUT2D eigenvalue weighted by molar-refractivity contribution is -0.116. The van der Waals surface area contributed by atoms with Crippen LogP contribution in [0.25, 0.3) is 0 Å². The number of nitrogens with one attached hydrogen (secondary N) is 1. The second kappa shape index (κ2) is 9.40. The highest BCUT2D eigenvalue weighted by atomic mass is 32.2. The maximum Gasteiger partial charge on any atom is 0.279 e. The van der Waals surface area contributed by atoms with E-state index in [0.29, 0.717) is 39.2 Å². The molecule has 1 atom stereocenters. The number of halogens is 1. The maximum absolute atomic E-state index is 14.0. The van der Waals surface area contributed by atoms with E-state index in [2.05, 4.69) is 16.9 Å². The number of hydrogen-bond acceptors (Lipinski definition) is 5. The molecule has 1 N–H and O–H groups in total. The minimum Gasteiger partial charge on any atom is -0.488 e. The molecule has 0 fully saturated rings. The highest BCUT2D eigenvalue weighted by Gasteiger charge is 2.33. The number of carbonyl (C=O) groups excluding carboxylic acids is 1. The van der Waals surface area contributed by atoms with Crippen molar-refractivity contribution in [3.63, 3.8) is 0 Å². The van der Waals surface area contributed by atoms with Crippen LogP contribution in [-0.2, 0) is 18.4 Å². The van der Waals surface area contributed by atoms with Gasteiger partial charge in [0.2, 0.25) is 5.91 Å². The standard InChI is InChI=1S/C24H22FN3O3S/c1-3-12-32-24-27-23(30)21-17(13-20(29)26-22(21)28(24)2)16-9-5-7-11-19(16)31-14-15-8-4-6-10-18(15)25/h3-11,17H,1,12-14H2,2H3,(H,26,29). The summed E-state index contributed by atoms with van der Waals surface area (Å²) in [7, 11) is 1.76. The zero-order chi connectivity index (χ0) is 22.7. The van der Waals surface area contributed by atoms with Gasteiger partial charge in [0.1, 0.15) is 24.0 Å². The molecule has 2 aromatic carbocycles. The molecule has 4 rings (SSSR count). The fraction of sp³-hybridized carbons (Fsp3) is 0.208. The van der Waals surface area contributed by atoms with Gasteiger partial charge in [-0.25, -0.2) is 4.39 Å². The maximum atomic E-state index is 14.0. The molecule has 32 heavy (non-hydrogen) atoms. The lowest BCUT2D eigenvalue weighted by Gasteiger charge is -2.28. The Balaban J connectivity index is 1.74. The largest absolute Gasteiger partial charge is 0.488 e. The van der Waals surface area contributed by atoms with Gasteiger partial charge in [0.25, 0.3) is 5.56 Å². The minimum atomic E-state index is -0.528. The number of fused-ring (bicyclic) bond motifs is 1. The molecule has 0 spiro atoms. The van der Waals surface area contributed by atoms with Crippen LogP contribution in [0.1, 0.15) is 29.0 Å². The van der Waals surface area contributed by atoms with Crippen LogP contribution in [0.3, 0.4) is 0 Å². The van der Waals surface area contributed by atoms with Gasteiger partial charge in [0, 0.05) is 36.3 Å². The van der Waals surface area contributed by atoms with Crippen molar-refractivity contribution >= 4 is 23.5 Å². The average Bonchev–Trinajstić information content (AvgIpc) is 2.79. The number of rotatable bonds is 7. The fourth-order valence-electron chi connectivity index (χ4n) is 3.73. The molecule has 1 aromatic heterocycles. The van der Waals surface area contributed by atoms with Crippen LogP contribution >= 0.6 is 11.8 Å². The number of nitrogens with zero attached hydrogens (tertiary/aromatic N) is 2. The van der Waals surface area contributed by atoms with Crippen LogP contribution in [0.4, 0.5) is 10.2 Å². The van der Waals surface area contributed by atoms with Crippen LogP contribution in [0.15, 0.2) is 71.1 Å². The Morgan fingerprint density at radius 1 is 1.25 bits per heavy atom. The van der Waals surface area contributed by atoms with Gasteiger partial charge in [0.05, 0.1) is 5.56 Å². The number of amides is 1. The van der Waals surface area contributed by atoms with Crippen LogP contribution in [0, 0.1) is 5.82 Å². The fourth-order valence-corrected chi connectivity index (χ4v) is 4.43. The highest BCUT2D eigenvalue weighted by molar-refractivity contribution is 7.99. The first-order valence-corrected chi connectivity index (χ1v) is 11.1. The topological polar surface area (TPSA) is 73.2 Å². The van der Waals surface area contributed by atoms with Crippen molar-refractivity contribution in [2.45, 2.75) is 24.1 Å².